The standard InChI is InChI=1S/C30H31ClFN3O7S/c1-5-33-28(36)24-15-19(32)17-34(24)30(21-8-6-7-9-25(21)41-3)22-14-18(31)10-12-23(22)35(29(30)37)43(38,39)27-13-11-20(40-2)16-26(27)42-4/h6-14,16,19,24H,5,15,17H2,1-4H3,(H,33,36)/t19-,24+,30?/m1/s1. The normalized spacial score (nSPS) is 21.9. The highest BCUT2D eigenvalue weighted by atomic mass is 35.5. The third-order valence-corrected chi connectivity index (χ3v) is 9.75. The molecule has 2 aliphatic rings. The van der Waals surface area contributed by atoms with Gasteiger partial charge in [-0.2, -0.15) is 0 Å². The van der Waals surface area contributed by atoms with Crippen molar-refractivity contribution in [3.8, 4) is 17.2 Å². The summed E-state index contributed by atoms with van der Waals surface area (Å²) in [6.07, 6.45) is -1.69. The van der Waals surface area contributed by atoms with Crippen molar-refractivity contribution in [1.82, 2.24) is 10.2 Å². The first-order valence-electron chi connectivity index (χ1n) is 13.5. The van der Waals surface area contributed by atoms with Crippen LogP contribution in [0.5, 0.6) is 17.2 Å². The van der Waals surface area contributed by atoms with Gasteiger partial charge in [-0.25, -0.2) is 17.1 Å². The monoisotopic (exact) mass is 631 g/mol. The SMILES string of the molecule is CCNC(=O)[C@@H]1C[C@@H](F)CN1C1(c2ccccc2OC)C(=O)N(S(=O)(=O)c2ccc(OC)cc2OC)c2ccc(Cl)cc21. The van der Waals surface area contributed by atoms with Crippen molar-refractivity contribution in [2.75, 3.05) is 38.7 Å². The van der Waals surface area contributed by atoms with E-state index in [1.807, 2.05) is 0 Å². The quantitative estimate of drug-likeness (QED) is 0.378. The molecule has 0 spiro atoms. The van der Waals surface area contributed by atoms with Crippen LogP contribution >= 0.6 is 11.6 Å². The smallest absolute Gasteiger partial charge is 0.274 e. The van der Waals surface area contributed by atoms with Gasteiger partial charge < -0.3 is 19.5 Å². The highest BCUT2D eigenvalue weighted by Gasteiger charge is 2.64. The zero-order valence-corrected chi connectivity index (χ0v) is 25.5. The first-order valence-corrected chi connectivity index (χ1v) is 15.3. The summed E-state index contributed by atoms with van der Waals surface area (Å²) in [5.74, 6) is -0.917. The Balaban J connectivity index is 1.85. The minimum Gasteiger partial charge on any atom is -0.497 e. The van der Waals surface area contributed by atoms with E-state index in [0.717, 1.165) is 0 Å². The fourth-order valence-electron chi connectivity index (χ4n) is 6.00. The number of methoxy groups -OCH3 is 3. The van der Waals surface area contributed by atoms with E-state index in [1.54, 1.807) is 31.2 Å². The molecule has 2 amide bonds. The number of nitrogens with one attached hydrogen (secondary N) is 1. The van der Waals surface area contributed by atoms with Gasteiger partial charge in [0.15, 0.2) is 5.54 Å². The lowest BCUT2D eigenvalue weighted by Crippen LogP contribution is -2.59. The maximum atomic E-state index is 15.3. The Kier molecular flexibility index (Phi) is 8.30. The molecule has 3 atom stereocenters. The van der Waals surface area contributed by atoms with Crippen molar-refractivity contribution in [3.63, 3.8) is 0 Å². The van der Waals surface area contributed by atoms with Crippen molar-refractivity contribution in [2.24, 2.45) is 0 Å². The molecule has 1 saturated heterocycles. The van der Waals surface area contributed by atoms with E-state index in [9.17, 15) is 13.2 Å². The lowest BCUT2D eigenvalue weighted by Gasteiger charge is -2.41. The van der Waals surface area contributed by atoms with Gasteiger partial charge in [0, 0.05) is 41.7 Å². The van der Waals surface area contributed by atoms with Crippen molar-refractivity contribution in [2.45, 2.75) is 36.0 Å². The molecule has 3 aromatic rings. The maximum absolute atomic E-state index is 15.3. The van der Waals surface area contributed by atoms with Gasteiger partial charge >= 0.3 is 0 Å². The molecule has 0 saturated carbocycles. The molecule has 2 aliphatic heterocycles. The molecule has 0 bridgehead atoms. The third kappa shape index (κ3) is 4.77. The van der Waals surface area contributed by atoms with Crippen molar-refractivity contribution in [1.29, 1.82) is 0 Å². The Morgan fingerprint density at radius 3 is 2.42 bits per heavy atom. The minimum absolute atomic E-state index is 0.00450. The maximum Gasteiger partial charge on any atom is 0.274 e. The molecule has 5 rings (SSSR count). The molecule has 1 fully saturated rings. The van der Waals surface area contributed by atoms with Crippen LogP contribution in [0.25, 0.3) is 0 Å². The zero-order chi connectivity index (χ0) is 31.1. The van der Waals surface area contributed by atoms with E-state index in [0.29, 0.717) is 10.1 Å². The number of benzene rings is 3. The number of halogens is 2. The van der Waals surface area contributed by atoms with Gasteiger partial charge in [-0.15, -0.1) is 0 Å². The van der Waals surface area contributed by atoms with Crippen LogP contribution < -0.4 is 23.8 Å². The molecule has 1 unspecified atom stereocenters. The second-order valence-corrected chi connectivity index (χ2v) is 12.3. The number of likely N-dealkylation sites (N-methyl/N-ethyl adjacent to an activating group) is 1. The summed E-state index contributed by atoms with van der Waals surface area (Å²) in [6, 6.07) is 13.9. The summed E-state index contributed by atoms with van der Waals surface area (Å²) in [6.45, 7) is 1.67. The number of carbonyl (C=O) groups excluding carboxylic acids is 2. The van der Waals surface area contributed by atoms with Crippen LogP contribution in [0.15, 0.2) is 65.6 Å². The number of anilines is 1. The van der Waals surface area contributed by atoms with Crippen LogP contribution in [0, 0.1) is 0 Å². The van der Waals surface area contributed by atoms with Gasteiger partial charge in [0.25, 0.3) is 15.9 Å². The van der Waals surface area contributed by atoms with E-state index < -0.39 is 39.6 Å². The molecule has 0 aliphatic carbocycles. The number of nitrogens with zero attached hydrogens (tertiary/aromatic N) is 2. The fraction of sp³-hybridized carbons (Fsp3) is 0.333. The van der Waals surface area contributed by atoms with Crippen LogP contribution in [0.2, 0.25) is 5.02 Å². The summed E-state index contributed by atoms with van der Waals surface area (Å²) in [7, 11) is -0.541. The second-order valence-electron chi connectivity index (χ2n) is 10.1. The van der Waals surface area contributed by atoms with Gasteiger partial charge in [-0.3, -0.25) is 14.5 Å². The molecular formula is C30H31ClFN3O7S. The molecular weight excluding hydrogens is 601 g/mol. The second kappa shape index (κ2) is 11.7. The highest BCUT2D eigenvalue weighted by molar-refractivity contribution is 7.93. The number of para-hydroxylation sites is 1. The largest absolute Gasteiger partial charge is 0.497 e. The predicted molar refractivity (Wildman–Crippen MR) is 158 cm³/mol. The Morgan fingerprint density at radius 1 is 1.02 bits per heavy atom. The average molecular weight is 632 g/mol. The summed E-state index contributed by atoms with van der Waals surface area (Å²) in [5.41, 5.74) is -1.63. The molecule has 13 heteroatoms. The number of amides is 2. The summed E-state index contributed by atoms with van der Waals surface area (Å²) in [5, 5.41) is 2.93. The molecule has 10 nitrogen and oxygen atoms in total. The van der Waals surface area contributed by atoms with Crippen LogP contribution in [0.3, 0.4) is 0 Å². The molecule has 3 aromatic carbocycles. The average Bonchev–Trinajstić information content (AvgIpc) is 3.51. The van der Waals surface area contributed by atoms with Crippen molar-refractivity contribution >= 4 is 39.1 Å². The molecule has 228 valence electrons. The van der Waals surface area contributed by atoms with Gasteiger partial charge in [-0.1, -0.05) is 29.8 Å². The van der Waals surface area contributed by atoms with Crippen LogP contribution in [0.4, 0.5) is 10.1 Å². The zero-order valence-electron chi connectivity index (χ0n) is 24.0. The number of fused-ring (bicyclic) bond motifs is 1. The molecule has 1 N–H and O–H groups in total. The van der Waals surface area contributed by atoms with E-state index in [2.05, 4.69) is 5.32 Å². The van der Waals surface area contributed by atoms with E-state index in [-0.39, 0.29) is 57.7 Å². The minimum atomic E-state index is -4.67. The molecule has 0 aromatic heterocycles. The lowest BCUT2D eigenvalue weighted by molar-refractivity contribution is -0.133. The highest BCUT2D eigenvalue weighted by Crippen LogP contribution is 2.55. The predicted octanol–water partition coefficient (Wildman–Crippen LogP) is 3.89. The Hall–Kier alpha value is -3.87. The first-order chi connectivity index (χ1) is 20.6. The fourth-order valence-corrected chi connectivity index (χ4v) is 7.78. The van der Waals surface area contributed by atoms with Gasteiger partial charge in [0.2, 0.25) is 5.91 Å². The lowest BCUT2D eigenvalue weighted by atomic mass is 9.80. The number of hydrogen-bond acceptors (Lipinski definition) is 8. The van der Waals surface area contributed by atoms with Gasteiger partial charge in [0.05, 0.1) is 33.1 Å². The summed E-state index contributed by atoms with van der Waals surface area (Å²) < 4.78 is 61.3. The number of likely N-dealkylation sites (tertiary alicyclic amines) is 1. The van der Waals surface area contributed by atoms with Crippen LogP contribution in [-0.4, -0.2) is 71.8 Å². The molecule has 2 heterocycles. The number of ether oxygens (including phenoxy) is 3. The molecule has 43 heavy (non-hydrogen) atoms. The van der Waals surface area contributed by atoms with E-state index in [4.69, 9.17) is 25.8 Å². The number of carbonyl (C=O) groups is 2. The molecule has 0 radical (unpaired) electrons. The number of alkyl halides is 1. The number of hydrogen-bond donors (Lipinski definition) is 1. The Labute approximate surface area is 254 Å². The number of sulfonamides is 1. The van der Waals surface area contributed by atoms with Gasteiger partial charge in [-0.05, 0) is 43.3 Å². The number of rotatable bonds is 9. The van der Waals surface area contributed by atoms with E-state index in [1.165, 1.54) is 62.6 Å². The Morgan fingerprint density at radius 2 is 1.74 bits per heavy atom. The van der Waals surface area contributed by atoms with Gasteiger partial charge in [0.1, 0.15) is 28.3 Å². The van der Waals surface area contributed by atoms with Crippen molar-refractivity contribution < 1.29 is 36.6 Å². The van der Waals surface area contributed by atoms with Crippen LogP contribution in [0.1, 0.15) is 24.5 Å². The van der Waals surface area contributed by atoms with E-state index >= 15 is 9.18 Å². The van der Waals surface area contributed by atoms with Crippen LogP contribution in [-0.2, 0) is 25.2 Å². The van der Waals surface area contributed by atoms with Crippen molar-refractivity contribution in [3.05, 3.63) is 76.8 Å². The summed E-state index contributed by atoms with van der Waals surface area (Å²) in [4.78, 5) is 29.6. The first kappa shape index (κ1) is 30.6. The topological polar surface area (TPSA) is 114 Å². The Bertz CT molecular complexity index is 1690. The third-order valence-electron chi connectivity index (χ3n) is 7.78. The summed E-state index contributed by atoms with van der Waals surface area (Å²) >= 11 is 6.49.